The minimum absolute atomic E-state index is 0.801. The van der Waals surface area contributed by atoms with Crippen molar-refractivity contribution < 1.29 is 4.74 Å². The summed E-state index contributed by atoms with van der Waals surface area (Å²) in [5.41, 5.74) is 2.39. The highest BCUT2D eigenvalue weighted by molar-refractivity contribution is 7.99. The van der Waals surface area contributed by atoms with Crippen molar-refractivity contribution in [2.24, 2.45) is 0 Å². The van der Waals surface area contributed by atoms with Gasteiger partial charge in [0, 0.05) is 22.9 Å². The SMILES string of the molecule is C=CCSc1ccccc1NCc1ccc(OC)cc1. The van der Waals surface area contributed by atoms with E-state index in [0.717, 1.165) is 23.7 Å². The van der Waals surface area contributed by atoms with Crippen LogP contribution in [-0.4, -0.2) is 12.9 Å². The normalized spacial score (nSPS) is 10.1. The number of para-hydroxylation sites is 1. The fourth-order valence-corrected chi connectivity index (χ4v) is 2.60. The number of ether oxygens (including phenoxy) is 1. The first-order valence-electron chi connectivity index (χ1n) is 6.53. The van der Waals surface area contributed by atoms with Gasteiger partial charge in [-0.1, -0.05) is 30.3 Å². The summed E-state index contributed by atoms with van der Waals surface area (Å²) in [6.07, 6.45) is 1.92. The summed E-state index contributed by atoms with van der Waals surface area (Å²) in [5, 5.41) is 3.48. The van der Waals surface area contributed by atoms with Crippen molar-refractivity contribution in [2.75, 3.05) is 18.2 Å². The van der Waals surface area contributed by atoms with Crippen LogP contribution in [0.25, 0.3) is 0 Å². The molecule has 0 bridgehead atoms. The molecule has 3 heteroatoms. The zero-order valence-corrected chi connectivity index (χ0v) is 12.5. The van der Waals surface area contributed by atoms with Crippen molar-refractivity contribution in [1.29, 1.82) is 0 Å². The first kappa shape index (κ1) is 14.5. The lowest BCUT2D eigenvalue weighted by Gasteiger charge is -2.11. The molecular weight excluding hydrogens is 266 g/mol. The van der Waals surface area contributed by atoms with Crippen LogP contribution < -0.4 is 10.1 Å². The van der Waals surface area contributed by atoms with E-state index in [-0.39, 0.29) is 0 Å². The maximum absolute atomic E-state index is 5.16. The van der Waals surface area contributed by atoms with Gasteiger partial charge in [0.1, 0.15) is 5.75 Å². The molecule has 1 N–H and O–H groups in total. The standard InChI is InChI=1S/C17H19NOS/c1-3-12-20-17-7-5-4-6-16(17)18-13-14-8-10-15(19-2)11-9-14/h3-11,18H,1,12-13H2,2H3. The number of benzene rings is 2. The van der Waals surface area contributed by atoms with E-state index in [1.807, 2.05) is 24.3 Å². The van der Waals surface area contributed by atoms with Gasteiger partial charge in [0.2, 0.25) is 0 Å². The summed E-state index contributed by atoms with van der Waals surface area (Å²) in [6, 6.07) is 16.5. The Morgan fingerprint density at radius 1 is 1.15 bits per heavy atom. The second-order valence-corrected chi connectivity index (χ2v) is 5.36. The van der Waals surface area contributed by atoms with Crippen LogP contribution in [0.3, 0.4) is 0 Å². The van der Waals surface area contributed by atoms with Crippen molar-refractivity contribution in [3.8, 4) is 5.75 Å². The van der Waals surface area contributed by atoms with E-state index >= 15 is 0 Å². The summed E-state index contributed by atoms with van der Waals surface area (Å²) in [7, 11) is 1.68. The molecule has 0 spiro atoms. The van der Waals surface area contributed by atoms with Crippen molar-refractivity contribution in [2.45, 2.75) is 11.4 Å². The molecule has 2 aromatic rings. The van der Waals surface area contributed by atoms with Crippen LogP contribution in [0.5, 0.6) is 5.75 Å². The lowest BCUT2D eigenvalue weighted by atomic mass is 10.2. The van der Waals surface area contributed by atoms with E-state index < -0.39 is 0 Å². The third-order valence-corrected chi connectivity index (χ3v) is 3.96. The average molecular weight is 285 g/mol. The zero-order valence-electron chi connectivity index (χ0n) is 11.6. The minimum atomic E-state index is 0.801. The van der Waals surface area contributed by atoms with Crippen LogP contribution in [0.4, 0.5) is 5.69 Å². The Bertz CT molecular complexity index is 551. The fraction of sp³-hybridized carbons (Fsp3) is 0.176. The lowest BCUT2D eigenvalue weighted by molar-refractivity contribution is 0.414. The van der Waals surface area contributed by atoms with Gasteiger partial charge in [-0.15, -0.1) is 18.3 Å². The number of hydrogen-bond donors (Lipinski definition) is 1. The van der Waals surface area contributed by atoms with Gasteiger partial charge in [-0.2, -0.15) is 0 Å². The highest BCUT2D eigenvalue weighted by Crippen LogP contribution is 2.27. The van der Waals surface area contributed by atoms with Crippen molar-refractivity contribution in [1.82, 2.24) is 0 Å². The van der Waals surface area contributed by atoms with Crippen molar-refractivity contribution >= 4 is 17.4 Å². The monoisotopic (exact) mass is 285 g/mol. The predicted octanol–water partition coefficient (Wildman–Crippen LogP) is 4.59. The smallest absolute Gasteiger partial charge is 0.118 e. The average Bonchev–Trinajstić information content (AvgIpc) is 2.52. The van der Waals surface area contributed by atoms with Gasteiger partial charge in [-0.25, -0.2) is 0 Å². The second-order valence-electron chi connectivity index (χ2n) is 4.30. The molecule has 0 aliphatic carbocycles. The van der Waals surface area contributed by atoms with Crippen LogP contribution in [-0.2, 0) is 6.54 Å². The molecule has 0 unspecified atom stereocenters. The van der Waals surface area contributed by atoms with Crippen molar-refractivity contribution in [3.63, 3.8) is 0 Å². The maximum atomic E-state index is 5.16. The molecule has 104 valence electrons. The molecule has 0 aliphatic heterocycles. The number of anilines is 1. The Hall–Kier alpha value is -1.87. The van der Waals surface area contributed by atoms with E-state index in [0.29, 0.717) is 0 Å². The third kappa shape index (κ3) is 4.07. The van der Waals surface area contributed by atoms with Crippen LogP contribution in [0.15, 0.2) is 66.1 Å². The largest absolute Gasteiger partial charge is 0.497 e. The summed E-state index contributed by atoms with van der Waals surface area (Å²) in [5.74, 6) is 1.80. The summed E-state index contributed by atoms with van der Waals surface area (Å²) >= 11 is 1.79. The first-order valence-corrected chi connectivity index (χ1v) is 7.51. The van der Waals surface area contributed by atoms with Gasteiger partial charge in [0.05, 0.1) is 7.11 Å². The van der Waals surface area contributed by atoms with E-state index in [4.69, 9.17) is 4.74 Å². The number of methoxy groups -OCH3 is 1. The molecule has 0 fully saturated rings. The van der Waals surface area contributed by atoms with Gasteiger partial charge in [0.15, 0.2) is 0 Å². The molecule has 0 saturated heterocycles. The molecule has 0 atom stereocenters. The van der Waals surface area contributed by atoms with Gasteiger partial charge in [-0.05, 0) is 29.8 Å². The predicted molar refractivity (Wildman–Crippen MR) is 87.7 cm³/mol. The highest BCUT2D eigenvalue weighted by atomic mass is 32.2. The molecule has 2 nitrogen and oxygen atoms in total. The van der Waals surface area contributed by atoms with Gasteiger partial charge < -0.3 is 10.1 Å². The van der Waals surface area contributed by atoms with Crippen LogP contribution >= 0.6 is 11.8 Å². The topological polar surface area (TPSA) is 21.3 Å². The number of thioether (sulfide) groups is 1. The lowest BCUT2D eigenvalue weighted by Crippen LogP contribution is -2.00. The third-order valence-electron chi connectivity index (χ3n) is 2.89. The molecule has 20 heavy (non-hydrogen) atoms. The Balaban J connectivity index is 2.00. The molecule has 2 aromatic carbocycles. The molecule has 0 aromatic heterocycles. The van der Waals surface area contributed by atoms with Gasteiger partial charge >= 0.3 is 0 Å². The second kappa shape index (κ2) is 7.65. The van der Waals surface area contributed by atoms with Gasteiger partial charge in [0.25, 0.3) is 0 Å². The number of hydrogen-bond acceptors (Lipinski definition) is 3. The maximum Gasteiger partial charge on any atom is 0.118 e. The quantitative estimate of drug-likeness (QED) is 0.594. The summed E-state index contributed by atoms with van der Waals surface area (Å²) in [6.45, 7) is 4.56. The minimum Gasteiger partial charge on any atom is -0.497 e. The molecule has 0 saturated carbocycles. The number of nitrogens with one attached hydrogen (secondary N) is 1. The van der Waals surface area contributed by atoms with Gasteiger partial charge in [-0.3, -0.25) is 0 Å². The molecule has 2 rings (SSSR count). The van der Waals surface area contributed by atoms with Crippen LogP contribution in [0.1, 0.15) is 5.56 Å². The Kier molecular flexibility index (Phi) is 5.56. The molecular formula is C17H19NOS. The van der Waals surface area contributed by atoms with Crippen molar-refractivity contribution in [3.05, 3.63) is 66.7 Å². The summed E-state index contributed by atoms with van der Waals surface area (Å²) in [4.78, 5) is 1.25. The Labute approximate surface area is 124 Å². The van der Waals surface area contributed by atoms with E-state index in [1.165, 1.54) is 10.5 Å². The summed E-state index contributed by atoms with van der Waals surface area (Å²) < 4.78 is 5.16. The van der Waals surface area contributed by atoms with E-state index in [1.54, 1.807) is 18.9 Å². The number of rotatable bonds is 7. The molecule has 0 aliphatic rings. The molecule has 0 heterocycles. The Morgan fingerprint density at radius 2 is 1.90 bits per heavy atom. The Morgan fingerprint density at radius 3 is 2.60 bits per heavy atom. The highest BCUT2D eigenvalue weighted by Gasteiger charge is 2.01. The first-order chi connectivity index (χ1) is 9.83. The van der Waals surface area contributed by atoms with E-state index in [2.05, 4.69) is 42.2 Å². The van der Waals surface area contributed by atoms with Crippen LogP contribution in [0.2, 0.25) is 0 Å². The molecule has 0 radical (unpaired) electrons. The zero-order chi connectivity index (χ0) is 14.2. The fourth-order valence-electron chi connectivity index (χ4n) is 1.83. The molecule has 0 amide bonds. The van der Waals surface area contributed by atoms with E-state index in [9.17, 15) is 0 Å². The van der Waals surface area contributed by atoms with Crippen LogP contribution in [0, 0.1) is 0 Å².